The number of rotatable bonds is 7. The maximum absolute atomic E-state index is 14.3. The third kappa shape index (κ3) is 6.48. The topological polar surface area (TPSA) is 139 Å². The molecule has 0 fully saturated rings. The van der Waals surface area contributed by atoms with Crippen LogP contribution in [0.1, 0.15) is 5.56 Å². The van der Waals surface area contributed by atoms with Crippen molar-refractivity contribution in [2.75, 3.05) is 7.05 Å². The highest BCUT2D eigenvalue weighted by atomic mass is 35.5. The normalized spacial score (nSPS) is 11.1. The lowest BCUT2D eigenvalue weighted by molar-refractivity contribution is -0.134. The van der Waals surface area contributed by atoms with E-state index >= 15 is 0 Å². The van der Waals surface area contributed by atoms with Gasteiger partial charge in [0.05, 0.1) is 5.69 Å². The molecule has 0 aliphatic heterocycles. The number of carboxylic acids is 2. The Hall–Kier alpha value is -3.54. The van der Waals surface area contributed by atoms with Crippen LogP contribution in [-0.4, -0.2) is 46.6 Å². The molecule has 174 valence electrons. The molecule has 3 rings (SSSR count). The lowest BCUT2D eigenvalue weighted by atomic mass is 10.1. The van der Waals surface area contributed by atoms with E-state index < -0.39 is 27.8 Å². The summed E-state index contributed by atoms with van der Waals surface area (Å²) in [4.78, 5) is 22.9. The van der Waals surface area contributed by atoms with E-state index in [0.717, 1.165) is 3.97 Å². The Morgan fingerprint density at radius 3 is 2.30 bits per heavy atom. The Morgan fingerprint density at radius 1 is 1.15 bits per heavy atom. The summed E-state index contributed by atoms with van der Waals surface area (Å²) in [5, 5.41) is 18.6. The van der Waals surface area contributed by atoms with Gasteiger partial charge >= 0.3 is 11.9 Å². The third-order valence-corrected chi connectivity index (χ3v) is 6.24. The van der Waals surface area contributed by atoms with Gasteiger partial charge in [0.2, 0.25) is 0 Å². The van der Waals surface area contributed by atoms with Crippen LogP contribution in [0, 0.1) is 5.82 Å². The molecular weight excluding hydrogens is 477 g/mol. The van der Waals surface area contributed by atoms with Crippen molar-refractivity contribution in [1.82, 2.24) is 14.3 Å². The highest BCUT2D eigenvalue weighted by molar-refractivity contribution is 7.90. The van der Waals surface area contributed by atoms with Gasteiger partial charge in [-0.1, -0.05) is 23.7 Å². The number of aromatic nitrogens is 2. The van der Waals surface area contributed by atoms with Gasteiger partial charge in [0.25, 0.3) is 10.0 Å². The summed E-state index contributed by atoms with van der Waals surface area (Å²) in [5.41, 5.74) is 0.867. The predicted octanol–water partition coefficient (Wildman–Crippen LogP) is 3.01. The molecular formula is C21H19ClFN3O6S. The Kier molecular flexibility index (Phi) is 8.85. The van der Waals surface area contributed by atoms with Crippen LogP contribution in [0.15, 0.2) is 71.9 Å². The van der Waals surface area contributed by atoms with E-state index in [1.165, 1.54) is 42.7 Å². The average Bonchev–Trinajstić information content (AvgIpc) is 3.10. The number of nitrogens with zero attached hydrogens (tertiary/aromatic N) is 2. The lowest BCUT2D eigenvalue weighted by Crippen LogP contribution is -2.15. The second-order valence-corrected chi connectivity index (χ2v) is 8.47. The molecule has 0 aliphatic rings. The summed E-state index contributed by atoms with van der Waals surface area (Å²) >= 11 is 6.35. The van der Waals surface area contributed by atoms with Crippen molar-refractivity contribution in [1.29, 1.82) is 0 Å². The fourth-order valence-corrected chi connectivity index (χ4v) is 4.55. The van der Waals surface area contributed by atoms with Crippen LogP contribution in [0.4, 0.5) is 4.39 Å². The Labute approximate surface area is 193 Å². The molecule has 0 saturated carbocycles. The molecule has 2 heterocycles. The first-order valence-corrected chi connectivity index (χ1v) is 11.0. The zero-order valence-electron chi connectivity index (χ0n) is 17.1. The Bertz CT molecular complexity index is 1260. The van der Waals surface area contributed by atoms with Crippen molar-refractivity contribution in [3.8, 4) is 11.3 Å². The standard InChI is InChI=1S/C17H15ClFN3O2S.C4H4O4/c1-20-10-12-9-16(14-6-2-3-7-15(14)19)22(17(12)18)25(23,24)13-5-4-8-21-11-13;5-3(6)1-2-4(7)8/h2-9,11,20H,10H2,1H3;1-2H,(H,5,6)(H,7,8)/b;2-1+. The summed E-state index contributed by atoms with van der Waals surface area (Å²) in [5.74, 6) is -3.05. The first kappa shape index (κ1) is 25.7. The minimum atomic E-state index is -4.03. The van der Waals surface area contributed by atoms with Crippen LogP contribution < -0.4 is 5.32 Å². The van der Waals surface area contributed by atoms with Crippen molar-refractivity contribution in [2.45, 2.75) is 11.4 Å². The average molecular weight is 496 g/mol. The van der Waals surface area contributed by atoms with E-state index in [1.54, 1.807) is 19.2 Å². The second kappa shape index (κ2) is 11.4. The molecule has 0 atom stereocenters. The minimum Gasteiger partial charge on any atom is -0.478 e. The SMILES string of the molecule is CNCc1cc(-c2ccccc2F)n(S(=O)(=O)c2cccnc2)c1Cl.O=C(O)/C=C/C(=O)O. The number of benzene rings is 1. The molecule has 0 unspecified atom stereocenters. The molecule has 3 aromatic rings. The zero-order valence-corrected chi connectivity index (χ0v) is 18.7. The molecule has 9 nitrogen and oxygen atoms in total. The van der Waals surface area contributed by atoms with Crippen molar-refractivity contribution in [2.24, 2.45) is 0 Å². The van der Waals surface area contributed by atoms with Crippen molar-refractivity contribution >= 4 is 33.6 Å². The third-order valence-electron chi connectivity index (χ3n) is 4.03. The van der Waals surface area contributed by atoms with Crippen molar-refractivity contribution in [3.63, 3.8) is 0 Å². The van der Waals surface area contributed by atoms with E-state index in [2.05, 4.69) is 10.3 Å². The largest absolute Gasteiger partial charge is 0.478 e. The minimum absolute atomic E-state index is 0.0106. The van der Waals surface area contributed by atoms with Gasteiger partial charge in [-0.05, 0) is 37.4 Å². The second-order valence-electron chi connectivity index (χ2n) is 6.32. The molecule has 0 radical (unpaired) electrons. The fourth-order valence-electron chi connectivity index (χ4n) is 2.67. The Balaban J connectivity index is 0.000000414. The highest BCUT2D eigenvalue weighted by Gasteiger charge is 2.27. The van der Waals surface area contributed by atoms with Crippen LogP contribution in [-0.2, 0) is 26.2 Å². The van der Waals surface area contributed by atoms with Crippen LogP contribution in [0.5, 0.6) is 0 Å². The molecule has 0 amide bonds. The van der Waals surface area contributed by atoms with Crippen LogP contribution in [0.2, 0.25) is 5.15 Å². The van der Waals surface area contributed by atoms with E-state index in [-0.39, 0.29) is 21.3 Å². The molecule has 0 aliphatic carbocycles. The predicted molar refractivity (Wildman–Crippen MR) is 119 cm³/mol. The highest BCUT2D eigenvalue weighted by Crippen LogP contribution is 2.34. The van der Waals surface area contributed by atoms with Gasteiger partial charge in [0, 0.05) is 42.2 Å². The van der Waals surface area contributed by atoms with Gasteiger partial charge in [0.15, 0.2) is 0 Å². The number of halogens is 2. The summed E-state index contributed by atoms with van der Waals surface area (Å²) in [6.07, 6.45) is 3.82. The number of nitrogens with one attached hydrogen (secondary N) is 1. The van der Waals surface area contributed by atoms with Gasteiger partial charge in [-0.2, -0.15) is 0 Å². The monoisotopic (exact) mass is 495 g/mol. The van der Waals surface area contributed by atoms with E-state index in [1.807, 2.05) is 0 Å². The zero-order chi connectivity index (χ0) is 24.6. The Morgan fingerprint density at radius 2 is 1.79 bits per heavy atom. The van der Waals surface area contributed by atoms with Crippen LogP contribution in [0.25, 0.3) is 11.3 Å². The van der Waals surface area contributed by atoms with E-state index in [0.29, 0.717) is 24.3 Å². The van der Waals surface area contributed by atoms with Gasteiger partial charge in [-0.15, -0.1) is 0 Å². The van der Waals surface area contributed by atoms with Gasteiger partial charge in [0.1, 0.15) is 15.9 Å². The lowest BCUT2D eigenvalue weighted by Gasteiger charge is -2.12. The molecule has 0 bridgehead atoms. The fraction of sp³-hybridized carbons (Fsp3) is 0.0952. The summed E-state index contributed by atoms with van der Waals surface area (Å²) in [6.45, 7) is 0.343. The maximum atomic E-state index is 14.3. The first-order valence-electron chi connectivity index (χ1n) is 9.18. The molecule has 0 saturated heterocycles. The summed E-state index contributed by atoms with van der Waals surface area (Å²) in [7, 11) is -2.32. The number of aliphatic carboxylic acids is 2. The van der Waals surface area contributed by atoms with Gasteiger partial charge in [-0.25, -0.2) is 26.4 Å². The molecule has 33 heavy (non-hydrogen) atoms. The van der Waals surface area contributed by atoms with E-state index in [9.17, 15) is 22.4 Å². The number of hydrogen-bond donors (Lipinski definition) is 3. The van der Waals surface area contributed by atoms with Crippen LogP contribution in [0.3, 0.4) is 0 Å². The van der Waals surface area contributed by atoms with Gasteiger partial charge < -0.3 is 15.5 Å². The van der Waals surface area contributed by atoms with Crippen molar-refractivity contribution in [3.05, 3.63) is 83.5 Å². The first-order chi connectivity index (χ1) is 15.6. The number of carboxylic acid groups (broad SMARTS) is 2. The van der Waals surface area contributed by atoms with Crippen LogP contribution >= 0.6 is 11.6 Å². The molecule has 2 aromatic heterocycles. The molecule has 3 N–H and O–H groups in total. The molecule has 0 spiro atoms. The number of pyridine rings is 1. The number of hydrogen-bond acceptors (Lipinski definition) is 6. The number of carbonyl (C=O) groups is 2. The summed E-state index contributed by atoms with van der Waals surface area (Å²) in [6, 6.07) is 10.5. The van der Waals surface area contributed by atoms with Crippen molar-refractivity contribution < 1.29 is 32.6 Å². The summed E-state index contributed by atoms with van der Waals surface area (Å²) < 4.78 is 41.4. The smallest absolute Gasteiger partial charge is 0.328 e. The quantitative estimate of drug-likeness (QED) is 0.425. The van der Waals surface area contributed by atoms with E-state index in [4.69, 9.17) is 21.8 Å². The van der Waals surface area contributed by atoms with Gasteiger partial charge in [-0.3, -0.25) is 4.98 Å². The molecule has 12 heteroatoms. The molecule has 1 aromatic carbocycles. The maximum Gasteiger partial charge on any atom is 0.328 e.